The highest BCUT2D eigenvalue weighted by Gasteiger charge is 2.24. The van der Waals surface area contributed by atoms with E-state index in [1.165, 1.54) is 0 Å². The summed E-state index contributed by atoms with van der Waals surface area (Å²) < 4.78 is 21.1. The average Bonchev–Trinajstić information content (AvgIpc) is 2.99. The molecule has 2 rings (SSSR count). The first-order valence-corrected chi connectivity index (χ1v) is 4.89. The Bertz CT molecular complexity index is 298. The Kier molecular flexibility index (Phi) is 2.73. The summed E-state index contributed by atoms with van der Waals surface area (Å²) in [6.45, 7) is 1.36. The van der Waals surface area contributed by atoms with Crippen LogP contribution in [0.5, 0.6) is 0 Å². The Morgan fingerprint density at radius 1 is 1.62 bits per heavy atom. The summed E-state index contributed by atoms with van der Waals surface area (Å²) in [4.78, 5) is 0.711. The first-order valence-electron chi connectivity index (χ1n) is 4.15. The van der Waals surface area contributed by atoms with Crippen LogP contribution in [-0.4, -0.2) is 34.5 Å². The van der Waals surface area contributed by atoms with Crippen LogP contribution in [-0.2, 0) is 20.7 Å². The number of epoxide rings is 1. The van der Waals surface area contributed by atoms with E-state index in [9.17, 15) is 4.21 Å². The van der Waals surface area contributed by atoms with E-state index in [1.807, 2.05) is 18.2 Å². The molecule has 13 heavy (non-hydrogen) atoms. The van der Waals surface area contributed by atoms with Crippen molar-refractivity contribution >= 4 is 16.1 Å². The zero-order valence-corrected chi connectivity index (χ0v) is 7.83. The molecule has 3 nitrogen and oxygen atoms in total. The third kappa shape index (κ3) is 2.37. The molecule has 0 aromatic carbocycles. The molecule has 4 heteroatoms. The van der Waals surface area contributed by atoms with E-state index in [1.54, 1.807) is 6.08 Å². The lowest BCUT2D eigenvalue weighted by Crippen LogP contribution is -2.23. The van der Waals surface area contributed by atoms with Crippen molar-refractivity contribution in [3.63, 3.8) is 0 Å². The molecule has 0 aromatic rings. The molecule has 1 aliphatic carbocycles. The lowest BCUT2D eigenvalue weighted by atomic mass is 10.1. The summed E-state index contributed by atoms with van der Waals surface area (Å²) >= 11 is 0.489. The first kappa shape index (κ1) is 8.87. The fourth-order valence-electron chi connectivity index (χ4n) is 1.09. The lowest BCUT2D eigenvalue weighted by Gasteiger charge is -2.13. The Hall–Kier alpha value is -0.710. The van der Waals surface area contributed by atoms with E-state index in [0.717, 1.165) is 6.61 Å². The SMILES string of the molecule is O=S=C1C=CC=CC1OCC1CO1. The Labute approximate surface area is 80.1 Å². The van der Waals surface area contributed by atoms with Crippen molar-refractivity contribution in [2.75, 3.05) is 13.2 Å². The molecule has 2 unspecified atom stereocenters. The van der Waals surface area contributed by atoms with E-state index in [0.29, 0.717) is 22.7 Å². The standard InChI is InChI=1S/C9H10O3S/c10-13-9-4-2-1-3-8(9)12-6-7-5-11-7/h1-4,7-8H,5-6H2. The Morgan fingerprint density at radius 2 is 2.46 bits per heavy atom. The minimum Gasteiger partial charge on any atom is -0.371 e. The second-order valence-electron chi connectivity index (χ2n) is 2.94. The molecule has 1 fully saturated rings. The van der Waals surface area contributed by atoms with E-state index >= 15 is 0 Å². The van der Waals surface area contributed by atoms with Crippen LogP contribution in [0.3, 0.4) is 0 Å². The topological polar surface area (TPSA) is 38.8 Å². The quantitative estimate of drug-likeness (QED) is 0.483. The second-order valence-corrected chi connectivity index (χ2v) is 3.58. The van der Waals surface area contributed by atoms with Crippen molar-refractivity contribution in [2.45, 2.75) is 12.2 Å². The van der Waals surface area contributed by atoms with Crippen molar-refractivity contribution in [3.05, 3.63) is 24.3 Å². The predicted octanol–water partition coefficient (Wildman–Crippen LogP) is 0.282. The third-order valence-corrected chi connectivity index (χ3v) is 2.46. The number of rotatable bonds is 3. The van der Waals surface area contributed by atoms with Crippen molar-refractivity contribution in [3.8, 4) is 0 Å². The highest BCUT2D eigenvalue weighted by atomic mass is 32.1. The van der Waals surface area contributed by atoms with Crippen LogP contribution in [0, 0.1) is 0 Å². The summed E-state index contributed by atoms with van der Waals surface area (Å²) in [6.07, 6.45) is 7.47. The molecule has 2 aliphatic rings. The van der Waals surface area contributed by atoms with Crippen molar-refractivity contribution < 1.29 is 13.7 Å². The van der Waals surface area contributed by atoms with Crippen molar-refractivity contribution in [1.82, 2.24) is 0 Å². The number of ether oxygens (including phenoxy) is 2. The van der Waals surface area contributed by atoms with Gasteiger partial charge in [-0.3, -0.25) is 0 Å². The fraction of sp³-hybridized carbons (Fsp3) is 0.444. The maximum absolute atomic E-state index is 10.6. The van der Waals surface area contributed by atoms with E-state index in [4.69, 9.17) is 9.47 Å². The summed E-state index contributed by atoms with van der Waals surface area (Å²) in [5, 5.41) is 0. The minimum atomic E-state index is -0.170. The monoisotopic (exact) mass is 198 g/mol. The molecule has 0 N–H and O–H groups in total. The summed E-state index contributed by atoms with van der Waals surface area (Å²) in [7, 11) is 0. The summed E-state index contributed by atoms with van der Waals surface area (Å²) in [6, 6.07) is 0. The van der Waals surface area contributed by atoms with Crippen LogP contribution >= 0.6 is 0 Å². The Morgan fingerprint density at radius 3 is 3.15 bits per heavy atom. The van der Waals surface area contributed by atoms with Crippen LogP contribution in [0.2, 0.25) is 0 Å². The molecule has 0 saturated carbocycles. The van der Waals surface area contributed by atoms with Gasteiger partial charge in [-0.2, -0.15) is 0 Å². The molecule has 0 spiro atoms. The largest absolute Gasteiger partial charge is 0.371 e. The number of hydrogen-bond acceptors (Lipinski definition) is 3. The number of allylic oxidation sites excluding steroid dienone is 2. The van der Waals surface area contributed by atoms with E-state index in [-0.39, 0.29) is 12.2 Å². The summed E-state index contributed by atoms with van der Waals surface area (Å²) in [5.41, 5.74) is 0. The van der Waals surface area contributed by atoms with Crippen molar-refractivity contribution in [2.24, 2.45) is 0 Å². The van der Waals surface area contributed by atoms with Gasteiger partial charge in [-0.15, -0.1) is 0 Å². The normalized spacial score (nSPS) is 30.6. The molecule has 0 aromatic heterocycles. The maximum Gasteiger partial charge on any atom is 0.113 e. The molecule has 1 heterocycles. The highest BCUT2D eigenvalue weighted by molar-refractivity contribution is 7.67. The molecular formula is C9H10O3S. The molecule has 0 bridgehead atoms. The average molecular weight is 198 g/mol. The van der Waals surface area contributed by atoms with Gasteiger partial charge in [0.1, 0.15) is 12.2 Å². The number of hydrogen-bond donors (Lipinski definition) is 0. The molecule has 1 aliphatic heterocycles. The molecule has 1 saturated heterocycles. The zero-order chi connectivity index (χ0) is 9.10. The van der Waals surface area contributed by atoms with Gasteiger partial charge in [0.25, 0.3) is 0 Å². The maximum atomic E-state index is 10.6. The fourth-order valence-corrected chi connectivity index (χ4v) is 1.47. The predicted molar refractivity (Wildman–Crippen MR) is 50.9 cm³/mol. The summed E-state index contributed by atoms with van der Waals surface area (Å²) in [5.74, 6) is 0. The molecule has 70 valence electrons. The molecule has 2 atom stereocenters. The highest BCUT2D eigenvalue weighted by Crippen LogP contribution is 2.12. The van der Waals surface area contributed by atoms with Gasteiger partial charge in [-0.1, -0.05) is 18.2 Å². The van der Waals surface area contributed by atoms with Crippen LogP contribution in [0.25, 0.3) is 0 Å². The van der Waals surface area contributed by atoms with Crippen LogP contribution < -0.4 is 0 Å². The van der Waals surface area contributed by atoms with E-state index in [2.05, 4.69) is 0 Å². The van der Waals surface area contributed by atoms with Gasteiger partial charge in [0.05, 0.1) is 29.3 Å². The van der Waals surface area contributed by atoms with Gasteiger partial charge in [0.15, 0.2) is 0 Å². The van der Waals surface area contributed by atoms with Gasteiger partial charge in [-0.05, 0) is 6.08 Å². The molecule has 0 radical (unpaired) electrons. The van der Waals surface area contributed by atoms with Gasteiger partial charge in [0, 0.05) is 0 Å². The van der Waals surface area contributed by atoms with Crippen LogP contribution in [0.1, 0.15) is 0 Å². The van der Waals surface area contributed by atoms with Crippen LogP contribution in [0.4, 0.5) is 0 Å². The van der Waals surface area contributed by atoms with Gasteiger partial charge < -0.3 is 9.47 Å². The smallest absolute Gasteiger partial charge is 0.113 e. The lowest BCUT2D eigenvalue weighted by molar-refractivity contribution is 0.111. The van der Waals surface area contributed by atoms with Gasteiger partial charge in [-0.25, -0.2) is 4.21 Å². The molecular weight excluding hydrogens is 188 g/mol. The van der Waals surface area contributed by atoms with Crippen molar-refractivity contribution in [1.29, 1.82) is 0 Å². The van der Waals surface area contributed by atoms with Crippen LogP contribution in [0.15, 0.2) is 24.3 Å². The van der Waals surface area contributed by atoms with Gasteiger partial charge >= 0.3 is 0 Å². The van der Waals surface area contributed by atoms with Gasteiger partial charge in [0.2, 0.25) is 0 Å². The van der Waals surface area contributed by atoms with E-state index < -0.39 is 0 Å². The minimum absolute atomic E-state index is 0.170. The first-order chi connectivity index (χ1) is 6.40. The second kappa shape index (κ2) is 4.00. The zero-order valence-electron chi connectivity index (χ0n) is 7.01. The third-order valence-electron chi connectivity index (χ3n) is 1.90. The molecule has 0 amide bonds. The Balaban J connectivity index is 1.92.